The van der Waals surface area contributed by atoms with Gasteiger partial charge in [0.25, 0.3) is 0 Å². The fourth-order valence-corrected chi connectivity index (χ4v) is 4.26. The van der Waals surface area contributed by atoms with Crippen molar-refractivity contribution in [3.05, 3.63) is 65.7 Å². The van der Waals surface area contributed by atoms with Gasteiger partial charge in [0.2, 0.25) is 17.7 Å². The highest BCUT2D eigenvalue weighted by molar-refractivity contribution is 7.87. The third kappa shape index (κ3) is 12.7. The van der Waals surface area contributed by atoms with Gasteiger partial charge in [0, 0.05) is 25.8 Å². The molecular formula is C27H36N4O8S. The van der Waals surface area contributed by atoms with Gasteiger partial charge in [0.1, 0.15) is 12.1 Å². The predicted molar refractivity (Wildman–Crippen MR) is 149 cm³/mol. The number of hydrogen-bond donors (Lipinski definition) is 6. The number of carboxylic acid groups (broad SMARTS) is 1. The lowest BCUT2D eigenvalue weighted by Crippen LogP contribution is -2.55. The Morgan fingerprint density at radius 1 is 0.800 bits per heavy atom. The predicted octanol–water partition coefficient (Wildman–Crippen LogP) is 1.83. The fourth-order valence-electron chi connectivity index (χ4n) is 3.83. The molecule has 2 atom stereocenters. The van der Waals surface area contributed by atoms with E-state index in [2.05, 4.69) is 16.0 Å². The van der Waals surface area contributed by atoms with Crippen molar-refractivity contribution in [1.29, 1.82) is 0 Å². The maximum Gasteiger partial charge on any atom is 0.357 e. The molecule has 0 saturated heterocycles. The monoisotopic (exact) mass is 576 g/mol. The molecule has 0 radical (unpaired) electrons. The molecule has 0 spiro atoms. The maximum absolute atomic E-state index is 13.4. The summed E-state index contributed by atoms with van der Waals surface area (Å²) in [6.45, 7) is 2.44. The number of hydrogen-bond acceptors (Lipinski definition) is 6. The number of benzene rings is 2. The summed E-state index contributed by atoms with van der Waals surface area (Å²) in [5.74, 6) is -2.80. The minimum Gasteiger partial charge on any atom is -0.481 e. The van der Waals surface area contributed by atoms with Crippen molar-refractivity contribution >= 4 is 39.7 Å². The molecule has 0 bridgehead atoms. The average Bonchev–Trinajstić information content (AvgIpc) is 2.90. The quantitative estimate of drug-likeness (QED) is 0.121. The number of anilines is 1. The summed E-state index contributed by atoms with van der Waals surface area (Å²) in [7, 11) is -4.45. The lowest BCUT2D eigenvalue weighted by molar-refractivity contribution is -0.139. The van der Waals surface area contributed by atoms with Crippen LogP contribution in [0.25, 0.3) is 0 Å². The van der Waals surface area contributed by atoms with Crippen LogP contribution in [-0.4, -0.2) is 60.4 Å². The van der Waals surface area contributed by atoms with Crippen molar-refractivity contribution in [3.63, 3.8) is 0 Å². The molecule has 0 heterocycles. The molecule has 2 rings (SSSR count). The summed E-state index contributed by atoms with van der Waals surface area (Å²) in [6.07, 6.45) is 2.11. The van der Waals surface area contributed by atoms with Crippen LogP contribution in [0.3, 0.4) is 0 Å². The molecule has 2 aromatic rings. The first-order valence-electron chi connectivity index (χ1n) is 12.9. The molecule has 0 saturated carbocycles. The lowest BCUT2D eigenvalue weighted by Gasteiger charge is -2.23. The number of unbranched alkanes of at least 4 members (excludes halogenated alkanes) is 2. The highest BCUT2D eigenvalue weighted by atomic mass is 32.2. The Morgan fingerprint density at radius 2 is 1.40 bits per heavy atom. The van der Waals surface area contributed by atoms with E-state index in [1.165, 1.54) is 12.1 Å². The van der Waals surface area contributed by atoms with Gasteiger partial charge in [0.15, 0.2) is 0 Å². The number of rotatable bonds is 17. The summed E-state index contributed by atoms with van der Waals surface area (Å²) in [5, 5.41) is 17.0. The summed E-state index contributed by atoms with van der Waals surface area (Å²) < 4.78 is 33.0. The van der Waals surface area contributed by atoms with Gasteiger partial charge in [-0.2, -0.15) is 8.42 Å². The second-order valence-corrected chi connectivity index (χ2v) is 10.4. The first kappa shape index (κ1) is 32.2. The highest BCUT2D eigenvalue weighted by Crippen LogP contribution is 2.13. The largest absolute Gasteiger partial charge is 0.481 e. The smallest absolute Gasteiger partial charge is 0.357 e. The molecule has 2 aromatic carbocycles. The number of carbonyl (C=O) groups excluding carboxylic acids is 3. The first-order valence-corrected chi connectivity index (χ1v) is 14.4. The van der Waals surface area contributed by atoms with Crippen molar-refractivity contribution in [2.75, 3.05) is 11.3 Å². The van der Waals surface area contributed by atoms with Gasteiger partial charge in [-0.05, 0) is 29.7 Å². The Kier molecular flexibility index (Phi) is 13.1. The van der Waals surface area contributed by atoms with Crippen molar-refractivity contribution in [3.8, 4) is 0 Å². The van der Waals surface area contributed by atoms with E-state index >= 15 is 0 Å². The van der Waals surface area contributed by atoms with E-state index in [-0.39, 0.29) is 24.9 Å². The van der Waals surface area contributed by atoms with Crippen molar-refractivity contribution in [2.24, 2.45) is 0 Å². The van der Waals surface area contributed by atoms with Gasteiger partial charge in [-0.3, -0.25) is 28.5 Å². The zero-order valence-corrected chi connectivity index (χ0v) is 23.1. The van der Waals surface area contributed by atoms with E-state index < -0.39 is 52.5 Å². The minimum atomic E-state index is -4.45. The third-order valence-electron chi connectivity index (χ3n) is 5.85. The Hall–Kier alpha value is -3.97. The van der Waals surface area contributed by atoms with Gasteiger partial charge >= 0.3 is 16.3 Å². The molecule has 2 unspecified atom stereocenters. The van der Waals surface area contributed by atoms with E-state index in [1.807, 2.05) is 11.6 Å². The van der Waals surface area contributed by atoms with Crippen LogP contribution in [0, 0.1) is 0 Å². The second kappa shape index (κ2) is 16.2. The van der Waals surface area contributed by atoms with E-state index in [0.717, 1.165) is 24.8 Å². The molecule has 0 fully saturated rings. The number of aliphatic carboxylic acids is 1. The van der Waals surface area contributed by atoms with Crippen molar-refractivity contribution < 1.29 is 37.3 Å². The van der Waals surface area contributed by atoms with Crippen LogP contribution >= 0.6 is 0 Å². The molecule has 6 N–H and O–H groups in total. The fraction of sp³-hybridized carbons (Fsp3) is 0.407. The highest BCUT2D eigenvalue weighted by Gasteiger charge is 2.27. The van der Waals surface area contributed by atoms with Crippen LogP contribution in [0.4, 0.5) is 5.69 Å². The van der Waals surface area contributed by atoms with Crippen molar-refractivity contribution in [1.82, 2.24) is 16.0 Å². The normalized spacial score (nSPS) is 12.6. The second-order valence-electron chi connectivity index (χ2n) is 9.24. The SMILES string of the molecule is CCCCCNC(=O)C(Cc1ccc(NS(=O)(=O)O)cc1)NC(=O)C(Cc1ccccc1)NC(=O)CCC(=O)O. The molecule has 40 heavy (non-hydrogen) atoms. The van der Waals surface area contributed by atoms with E-state index in [0.29, 0.717) is 12.1 Å². The van der Waals surface area contributed by atoms with Crippen LogP contribution in [0.15, 0.2) is 54.6 Å². The molecule has 13 heteroatoms. The van der Waals surface area contributed by atoms with Gasteiger partial charge in [0.05, 0.1) is 12.1 Å². The Labute approximate surface area is 233 Å². The molecule has 3 amide bonds. The summed E-state index contributed by atoms with van der Waals surface area (Å²) in [5.41, 5.74) is 1.46. The molecular weight excluding hydrogens is 540 g/mol. The Bertz CT molecular complexity index is 1240. The number of nitrogens with one attached hydrogen (secondary N) is 4. The van der Waals surface area contributed by atoms with E-state index in [4.69, 9.17) is 9.66 Å². The topological polar surface area (TPSA) is 191 Å². The Morgan fingerprint density at radius 3 is 1.98 bits per heavy atom. The van der Waals surface area contributed by atoms with Crippen LogP contribution in [0.2, 0.25) is 0 Å². The van der Waals surface area contributed by atoms with Crippen LogP contribution in [-0.2, 0) is 42.3 Å². The molecule has 12 nitrogen and oxygen atoms in total. The summed E-state index contributed by atoms with van der Waals surface area (Å²) in [6, 6.07) is 12.7. The molecule has 0 aliphatic heterocycles. The number of amides is 3. The van der Waals surface area contributed by atoms with Crippen LogP contribution in [0.1, 0.15) is 50.2 Å². The van der Waals surface area contributed by atoms with Gasteiger partial charge in [-0.1, -0.05) is 62.2 Å². The van der Waals surface area contributed by atoms with Crippen molar-refractivity contribution in [2.45, 2.75) is 64.0 Å². The standard InChI is InChI=1S/C27H36N4O8S/c1-2-3-7-16-28-26(35)22(18-20-10-12-21(13-11-20)31-40(37,38)39)30-27(36)23(17-19-8-5-4-6-9-19)29-24(32)14-15-25(33)34/h4-6,8-13,22-23,31H,2-3,7,14-18H2,1H3,(H,28,35)(H,29,32)(H,30,36)(H,33,34)(H,37,38,39). The zero-order valence-electron chi connectivity index (χ0n) is 22.3. The molecule has 0 aliphatic carbocycles. The number of carbonyl (C=O) groups is 4. The average molecular weight is 577 g/mol. The molecule has 0 aliphatic rings. The minimum absolute atomic E-state index is 0.0581. The third-order valence-corrected chi connectivity index (χ3v) is 6.35. The van der Waals surface area contributed by atoms with Gasteiger partial charge < -0.3 is 21.1 Å². The maximum atomic E-state index is 13.4. The summed E-state index contributed by atoms with van der Waals surface area (Å²) >= 11 is 0. The van der Waals surface area contributed by atoms with Gasteiger partial charge in [-0.25, -0.2) is 0 Å². The van der Waals surface area contributed by atoms with E-state index in [1.54, 1.807) is 42.5 Å². The van der Waals surface area contributed by atoms with Gasteiger partial charge in [-0.15, -0.1) is 0 Å². The number of carboxylic acids is 1. The summed E-state index contributed by atoms with van der Waals surface area (Å²) in [4.78, 5) is 49.7. The molecule has 218 valence electrons. The molecule has 0 aromatic heterocycles. The zero-order chi connectivity index (χ0) is 29.5. The Balaban J connectivity index is 2.22. The lowest BCUT2D eigenvalue weighted by atomic mass is 10.0. The van der Waals surface area contributed by atoms with Crippen LogP contribution < -0.4 is 20.7 Å². The van der Waals surface area contributed by atoms with E-state index in [9.17, 15) is 27.6 Å². The van der Waals surface area contributed by atoms with Crippen LogP contribution in [0.5, 0.6) is 0 Å². The first-order chi connectivity index (χ1) is 19.0.